The van der Waals surface area contributed by atoms with Crippen molar-refractivity contribution in [3.8, 4) is 0 Å². The van der Waals surface area contributed by atoms with Crippen LogP contribution in [0, 0.1) is 0 Å². The summed E-state index contributed by atoms with van der Waals surface area (Å²) >= 11 is 0. The summed E-state index contributed by atoms with van der Waals surface area (Å²) in [6.07, 6.45) is -0.0438. The van der Waals surface area contributed by atoms with Crippen LogP contribution in [0.1, 0.15) is 24.2 Å². The summed E-state index contributed by atoms with van der Waals surface area (Å²) < 4.78 is 28.1. The molecule has 0 aliphatic rings. The summed E-state index contributed by atoms with van der Waals surface area (Å²) in [5, 5.41) is 7.15. The van der Waals surface area contributed by atoms with Crippen molar-refractivity contribution >= 4 is 5.69 Å². The fraction of sp³-hybridized carbons (Fsp3) is 0.357. The molecule has 1 unspecified atom stereocenters. The zero-order chi connectivity index (χ0) is 13.8. The Hall–Kier alpha value is -1.91. The minimum absolute atomic E-state index is 0.573. The first-order valence-corrected chi connectivity index (χ1v) is 6.24. The predicted octanol–water partition coefficient (Wildman–Crippen LogP) is 3.40. The Labute approximate surface area is 111 Å². The molecular formula is C14H17F2N3. The summed E-state index contributed by atoms with van der Waals surface area (Å²) in [7, 11) is 1.78. The molecule has 0 fully saturated rings. The van der Waals surface area contributed by atoms with Crippen molar-refractivity contribution in [3.63, 3.8) is 0 Å². The normalized spacial score (nSPS) is 12.7. The maximum Gasteiger partial charge on any atom is 0.262 e. The van der Waals surface area contributed by atoms with E-state index >= 15 is 0 Å². The van der Waals surface area contributed by atoms with E-state index in [1.54, 1.807) is 42.2 Å². The Bertz CT molecular complexity index is 523. The third-order valence-electron chi connectivity index (χ3n) is 2.96. The number of aryl methyl sites for hydroxylation is 2. The lowest BCUT2D eigenvalue weighted by Gasteiger charge is -2.19. The second-order valence-corrected chi connectivity index (χ2v) is 4.38. The van der Waals surface area contributed by atoms with E-state index in [1.807, 2.05) is 13.0 Å². The highest BCUT2D eigenvalue weighted by Crippen LogP contribution is 2.27. The quantitative estimate of drug-likeness (QED) is 0.898. The van der Waals surface area contributed by atoms with Gasteiger partial charge in [-0.15, -0.1) is 0 Å². The molecule has 2 aromatic rings. The fourth-order valence-corrected chi connectivity index (χ4v) is 2.04. The molecule has 2 rings (SSSR count). The van der Waals surface area contributed by atoms with E-state index in [-0.39, 0.29) is 0 Å². The topological polar surface area (TPSA) is 29.9 Å². The minimum Gasteiger partial charge on any atom is -0.370 e. The molecule has 3 nitrogen and oxygen atoms in total. The first kappa shape index (κ1) is 13.5. The fourth-order valence-electron chi connectivity index (χ4n) is 2.04. The molecule has 0 amide bonds. The van der Waals surface area contributed by atoms with Crippen molar-refractivity contribution in [1.29, 1.82) is 0 Å². The number of alkyl halides is 2. The van der Waals surface area contributed by atoms with Gasteiger partial charge in [0.15, 0.2) is 0 Å². The molecule has 0 spiro atoms. The van der Waals surface area contributed by atoms with E-state index in [4.69, 9.17) is 0 Å². The highest BCUT2D eigenvalue weighted by Gasteiger charge is 2.23. The second kappa shape index (κ2) is 5.82. The third kappa shape index (κ3) is 3.10. The van der Waals surface area contributed by atoms with E-state index in [2.05, 4.69) is 10.4 Å². The highest BCUT2D eigenvalue weighted by molar-refractivity contribution is 5.48. The minimum atomic E-state index is -2.48. The van der Waals surface area contributed by atoms with Crippen molar-refractivity contribution in [2.75, 3.05) is 5.32 Å². The van der Waals surface area contributed by atoms with Crippen LogP contribution >= 0.6 is 0 Å². The van der Waals surface area contributed by atoms with Gasteiger partial charge in [0.05, 0.1) is 11.4 Å². The van der Waals surface area contributed by atoms with E-state index in [9.17, 15) is 8.78 Å². The van der Waals surface area contributed by atoms with Crippen molar-refractivity contribution in [2.24, 2.45) is 7.05 Å². The standard InChI is InChI=1S/C14H17F2N3/c1-3-11-12(9-19(2)18-11)17-13(14(15)16)10-7-5-4-6-8-10/h4-9,13-14,17H,3H2,1-2H3. The first-order chi connectivity index (χ1) is 9.11. The van der Waals surface area contributed by atoms with Gasteiger partial charge in [-0.3, -0.25) is 4.68 Å². The number of nitrogens with zero attached hydrogens (tertiary/aromatic N) is 2. The molecule has 1 atom stereocenters. The van der Waals surface area contributed by atoms with Gasteiger partial charge in [0.25, 0.3) is 6.43 Å². The Morgan fingerprint density at radius 3 is 2.53 bits per heavy atom. The van der Waals surface area contributed by atoms with Gasteiger partial charge in [-0.2, -0.15) is 5.10 Å². The smallest absolute Gasteiger partial charge is 0.262 e. The molecule has 1 aromatic carbocycles. The zero-order valence-corrected chi connectivity index (χ0v) is 11.0. The maximum absolute atomic E-state index is 13.2. The van der Waals surface area contributed by atoms with Crippen molar-refractivity contribution in [3.05, 3.63) is 47.8 Å². The van der Waals surface area contributed by atoms with Gasteiger partial charge < -0.3 is 5.32 Å². The van der Waals surface area contributed by atoms with Crippen LogP contribution in [0.15, 0.2) is 36.5 Å². The van der Waals surface area contributed by atoms with Crippen LogP contribution in [0.25, 0.3) is 0 Å². The largest absolute Gasteiger partial charge is 0.370 e. The SMILES string of the molecule is CCc1nn(C)cc1NC(c1ccccc1)C(F)F. The van der Waals surface area contributed by atoms with Gasteiger partial charge in [0, 0.05) is 13.2 Å². The number of anilines is 1. The lowest BCUT2D eigenvalue weighted by Crippen LogP contribution is -2.19. The van der Waals surface area contributed by atoms with E-state index in [0.717, 1.165) is 5.69 Å². The highest BCUT2D eigenvalue weighted by atomic mass is 19.3. The molecule has 1 N–H and O–H groups in total. The number of benzene rings is 1. The van der Waals surface area contributed by atoms with Gasteiger partial charge in [-0.05, 0) is 12.0 Å². The van der Waals surface area contributed by atoms with E-state index < -0.39 is 12.5 Å². The van der Waals surface area contributed by atoms with Gasteiger partial charge in [0.1, 0.15) is 6.04 Å². The Kier molecular flexibility index (Phi) is 4.14. The molecule has 0 aliphatic carbocycles. The van der Waals surface area contributed by atoms with Gasteiger partial charge in [-0.1, -0.05) is 37.3 Å². The molecule has 0 radical (unpaired) electrons. The average Bonchev–Trinajstić information content (AvgIpc) is 2.76. The van der Waals surface area contributed by atoms with Crippen molar-refractivity contribution < 1.29 is 8.78 Å². The van der Waals surface area contributed by atoms with Gasteiger partial charge in [0.2, 0.25) is 0 Å². The molecule has 1 heterocycles. The zero-order valence-electron chi connectivity index (χ0n) is 11.0. The number of halogens is 2. The molecular weight excluding hydrogens is 248 g/mol. The second-order valence-electron chi connectivity index (χ2n) is 4.38. The predicted molar refractivity (Wildman–Crippen MR) is 71.4 cm³/mol. The summed E-state index contributed by atoms with van der Waals surface area (Å²) in [6, 6.07) is 7.72. The number of aromatic nitrogens is 2. The number of hydrogen-bond donors (Lipinski definition) is 1. The molecule has 0 saturated heterocycles. The lowest BCUT2D eigenvalue weighted by atomic mass is 10.1. The van der Waals surface area contributed by atoms with E-state index in [0.29, 0.717) is 17.7 Å². The lowest BCUT2D eigenvalue weighted by molar-refractivity contribution is 0.124. The summed E-state index contributed by atoms with van der Waals surface area (Å²) in [4.78, 5) is 0. The van der Waals surface area contributed by atoms with Crippen molar-refractivity contribution in [1.82, 2.24) is 9.78 Å². The molecule has 0 saturated carbocycles. The van der Waals surface area contributed by atoms with E-state index in [1.165, 1.54) is 0 Å². The summed E-state index contributed by atoms with van der Waals surface area (Å²) in [6.45, 7) is 1.95. The third-order valence-corrected chi connectivity index (χ3v) is 2.96. The number of rotatable bonds is 5. The Morgan fingerprint density at radius 2 is 1.95 bits per heavy atom. The number of nitrogens with one attached hydrogen (secondary N) is 1. The van der Waals surface area contributed by atoms with Gasteiger partial charge >= 0.3 is 0 Å². The Balaban J connectivity index is 2.26. The summed E-state index contributed by atoms with van der Waals surface area (Å²) in [5.41, 5.74) is 2.03. The molecule has 19 heavy (non-hydrogen) atoms. The molecule has 1 aromatic heterocycles. The molecule has 0 aliphatic heterocycles. The van der Waals surface area contributed by atoms with Crippen LogP contribution in [-0.2, 0) is 13.5 Å². The van der Waals surface area contributed by atoms with Gasteiger partial charge in [-0.25, -0.2) is 8.78 Å². The first-order valence-electron chi connectivity index (χ1n) is 6.24. The van der Waals surface area contributed by atoms with Crippen LogP contribution in [0.4, 0.5) is 14.5 Å². The average molecular weight is 265 g/mol. The van der Waals surface area contributed by atoms with Crippen LogP contribution in [0.3, 0.4) is 0 Å². The maximum atomic E-state index is 13.2. The molecule has 0 bridgehead atoms. The van der Waals surface area contributed by atoms with Crippen LogP contribution < -0.4 is 5.32 Å². The van der Waals surface area contributed by atoms with Crippen molar-refractivity contribution in [2.45, 2.75) is 25.8 Å². The monoisotopic (exact) mass is 265 g/mol. The van der Waals surface area contributed by atoms with Crippen LogP contribution in [-0.4, -0.2) is 16.2 Å². The van der Waals surface area contributed by atoms with Crippen LogP contribution in [0.5, 0.6) is 0 Å². The molecule has 5 heteroatoms. The molecule has 102 valence electrons. The van der Waals surface area contributed by atoms with Crippen LogP contribution in [0.2, 0.25) is 0 Å². The number of hydrogen-bond acceptors (Lipinski definition) is 2. The Morgan fingerprint density at radius 1 is 1.26 bits per heavy atom. The summed E-state index contributed by atoms with van der Waals surface area (Å²) in [5.74, 6) is 0.